The summed E-state index contributed by atoms with van der Waals surface area (Å²) in [5.41, 5.74) is 1.06. The molecule has 1 aliphatic carbocycles. The maximum atomic E-state index is 10.7. The van der Waals surface area contributed by atoms with E-state index in [0.717, 1.165) is 37.5 Å². The predicted molar refractivity (Wildman–Crippen MR) is 96.6 cm³/mol. The van der Waals surface area contributed by atoms with Gasteiger partial charge in [0.05, 0.1) is 17.6 Å². The van der Waals surface area contributed by atoms with Gasteiger partial charge >= 0.3 is 0 Å². The molecule has 1 aromatic carbocycles. The van der Waals surface area contributed by atoms with E-state index in [2.05, 4.69) is 15.6 Å². The number of rotatable bonds is 6. The van der Waals surface area contributed by atoms with Crippen molar-refractivity contribution in [3.63, 3.8) is 0 Å². The van der Waals surface area contributed by atoms with Gasteiger partial charge < -0.3 is 15.4 Å². The molecule has 136 valence electrons. The van der Waals surface area contributed by atoms with Crippen LogP contribution in [-0.2, 0) is 11.3 Å². The van der Waals surface area contributed by atoms with Crippen molar-refractivity contribution in [3.8, 4) is 0 Å². The second-order valence-corrected chi connectivity index (χ2v) is 6.73. The first-order valence-corrected chi connectivity index (χ1v) is 9.10. The number of ether oxygens (including phenoxy) is 1. The highest BCUT2D eigenvalue weighted by Gasteiger charge is 2.19. The van der Waals surface area contributed by atoms with E-state index in [9.17, 15) is 10.1 Å². The molecule has 1 saturated heterocycles. The van der Waals surface area contributed by atoms with Crippen LogP contribution in [0.2, 0.25) is 0 Å². The molecule has 0 radical (unpaired) electrons. The molecule has 2 N–H and O–H groups in total. The molecule has 0 amide bonds. The minimum absolute atomic E-state index is 0.105. The Labute approximate surface area is 148 Å². The molecule has 25 heavy (non-hydrogen) atoms. The summed E-state index contributed by atoms with van der Waals surface area (Å²) < 4.78 is 5.66. The average Bonchev–Trinajstić information content (AvgIpc) is 3.31. The van der Waals surface area contributed by atoms with Crippen LogP contribution in [0.25, 0.3) is 0 Å². The Morgan fingerprint density at radius 2 is 1.96 bits per heavy atom. The van der Waals surface area contributed by atoms with Gasteiger partial charge in [-0.1, -0.05) is 25.0 Å². The third-order valence-corrected chi connectivity index (χ3v) is 4.78. The summed E-state index contributed by atoms with van der Waals surface area (Å²) in [4.78, 5) is 15.0. The Morgan fingerprint density at radius 1 is 1.20 bits per heavy atom. The lowest BCUT2D eigenvalue weighted by atomic mass is 10.2. The van der Waals surface area contributed by atoms with Crippen LogP contribution >= 0.6 is 0 Å². The fourth-order valence-electron chi connectivity index (χ4n) is 3.33. The van der Waals surface area contributed by atoms with Crippen LogP contribution in [0.5, 0.6) is 0 Å². The smallest absolute Gasteiger partial charge is 0.269 e. The van der Waals surface area contributed by atoms with E-state index in [1.54, 1.807) is 12.1 Å². The number of nitrogens with zero attached hydrogens (tertiary/aromatic N) is 2. The van der Waals surface area contributed by atoms with Gasteiger partial charge in [-0.3, -0.25) is 10.1 Å². The molecule has 1 atom stereocenters. The molecule has 1 heterocycles. The van der Waals surface area contributed by atoms with E-state index in [-0.39, 0.29) is 16.7 Å². The fraction of sp³-hybridized carbons (Fsp3) is 0.611. The third-order valence-electron chi connectivity index (χ3n) is 4.78. The number of aliphatic imine (C=N–C) groups is 1. The Morgan fingerprint density at radius 3 is 2.60 bits per heavy atom. The van der Waals surface area contributed by atoms with Gasteiger partial charge in [-0.15, -0.1) is 0 Å². The SMILES string of the molecule is O=[N+]([O-])c1ccc(CN=C(NCC2CCCO2)NC2CCCC2)cc1. The van der Waals surface area contributed by atoms with Crippen molar-refractivity contribution < 1.29 is 9.66 Å². The van der Waals surface area contributed by atoms with E-state index >= 15 is 0 Å². The number of nitro benzene ring substituents is 1. The van der Waals surface area contributed by atoms with Crippen molar-refractivity contribution >= 4 is 11.6 Å². The van der Waals surface area contributed by atoms with Gasteiger partial charge in [0.15, 0.2) is 5.96 Å². The third kappa shape index (κ3) is 5.42. The molecule has 2 fully saturated rings. The normalized spacial score (nSPS) is 21.4. The van der Waals surface area contributed by atoms with Crippen molar-refractivity contribution in [2.24, 2.45) is 4.99 Å². The number of benzene rings is 1. The largest absolute Gasteiger partial charge is 0.376 e. The van der Waals surface area contributed by atoms with E-state index in [4.69, 9.17) is 4.74 Å². The maximum Gasteiger partial charge on any atom is 0.269 e. The van der Waals surface area contributed by atoms with Crippen LogP contribution in [-0.4, -0.2) is 36.2 Å². The summed E-state index contributed by atoms with van der Waals surface area (Å²) in [6.07, 6.45) is 7.35. The molecule has 1 aliphatic heterocycles. The quantitative estimate of drug-likeness (QED) is 0.358. The zero-order valence-corrected chi connectivity index (χ0v) is 14.4. The summed E-state index contributed by atoms with van der Waals surface area (Å²) in [7, 11) is 0. The molecule has 0 bridgehead atoms. The topological polar surface area (TPSA) is 88.8 Å². The first kappa shape index (κ1) is 17.7. The minimum Gasteiger partial charge on any atom is -0.376 e. The van der Waals surface area contributed by atoms with Crippen LogP contribution in [0.15, 0.2) is 29.3 Å². The van der Waals surface area contributed by atoms with Crippen LogP contribution in [0.1, 0.15) is 44.1 Å². The predicted octanol–water partition coefficient (Wildman–Crippen LogP) is 2.75. The van der Waals surface area contributed by atoms with E-state index in [1.165, 1.54) is 37.8 Å². The molecule has 1 unspecified atom stereocenters. The van der Waals surface area contributed by atoms with E-state index < -0.39 is 0 Å². The van der Waals surface area contributed by atoms with Crippen molar-refractivity contribution in [2.45, 2.75) is 57.2 Å². The lowest BCUT2D eigenvalue weighted by Gasteiger charge is -2.19. The number of hydrogen-bond donors (Lipinski definition) is 2. The molecule has 1 saturated carbocycles. The second kappa shape index (κ2) is 8.80. The molecular formula is C18H26N4O3. The van der Waals surface area contributed by atoms with Gasteiger partial charge in [-0.05, 0) is 31.2 Å². The monoisotopic (exact) mass is 346 g/mol. The number of nitrogens with one attached hydrogen (secondary N) is 2. The summed E-state index contributed by atoms with van der Waals surface area (Å²) in [5.74, 6) is 0.806. The second-order valence-electron chi connectivity index (χ2n) is 6.73. The maximum absolute atomic E-state index is 10.7. The first-order valence-electron chi connectivity index (χ1n) is 9.10. The van der Waals surface area contributed by atoms with Crippen molar-refractivity contribution in [1.82, 2.24) is 10.6 Å². The molecule has 0 spiro atoms. The minimum atomic E-state index is -0.386. The number of guanidine groups is 1. The molecule has 2 aliphatic rings. The lowest BCUT2D eigenvalue weighted by Crippen LogP contribution is -2.45. The van der Waals surface area contributed by atoms with E-state index in [1.807, 2.05) is 0 Å². The zero-order chi connectivity index (χ0) is 17.5. The Bertz CT molecular complexity index is 591. The zero-order valence-electron chi connectivity index (χ0n) is 14.4. The Hall–Kier alpha value is -2.15. The highest BCUT2D eigenvalue weighted by Crippen LogP contribution is 2.18. The molecule has 7 heteroatoms. The standard InChI is InChI=1S/C18H26N4O3/c23-22(24)16-9-7-14(8-10-16)12-19-18(21-15-4-1-2-5-15)20-13-17-6-3-11-25-17/h7-10,15,17H,1-6,11-13H2,(H2,19,20,21). The molecule has 0 aromatic heterocycles. The lowest BCUT2D eigenvalue weighted by molar-refractivity contribution is -0.384. The van der Waals surface area contributed by atoms with Crippen molar-refractivity contribution in [1.29, 1.82) is 0 Å². The summed E-state index contributed by atoms with van der Waals surface area (Å²) >= 11 is 0. The summed E-state index contributed by atoms with van der Waals surface area (Å²) in [6.45, 7) is 2.10. The molecule has 7 nitrogen and oxygen atoms in total. The summed E-state index contributed by atoms with van der Waals surface area (Å²) in [6, 6.07) is 7.04. The first-order chi connectivity index (χ1) is 12.2. The van der Waals surface area contributed by atoms with Crippen LogP contribution in [0.3, 0.4) is 0 Å². The van der Waals surface area contributed by atoms with Gasteiger partial charge in [0, 0.05) is 31.3 Å². The highest BCUT2D eigenvalue weighted by molar-refractivity contribution is 5.80. The van der Waals surface area contributed by atoms with Crippen molar-refractivity contribution in [2.75, 3.05) is 13.2 Å². The van der Waals surface area contributed by atoms with Gasteiger partial charge in [-0.25, -0.2) is 4.99 Å². The van der Waals surface area contributed by atoms with Crippen LogP contribution in [0, 0.1) is 10.1 Å². The number of nitro groups is 1. The molecular weight excluding hydrogens is 320 g/mol. The van der Waals surface area contributed by atoms with E-state index in [0.29, 0.717) is 12.6 Å². The van der Waals surface area contributed by atoms with Gasteiger partial charge in [0.2, 0.25) is 0 Å². The van der Waals surface area contributed by atoms with Crippen molar-refractivity contribution in [3.05, 3.63) is 39.9 Å². The van der Waals surface area contributed by atoms with Gasteiger partial charge in [0.25, 0.3) is 5.69 Å². The van der Waals surface area contributed by atoms with Crippen LogP contribution < -0.4 is 10.6 Å². The van der Waals surface area contributed by atoms with Gasteiger partial charge in [0.1, 0.15) is 0 Å². The highest BCUT2D eigenvalue weighted by atomic mass is 16.6. The Kier molecular flexibility index (Phi) is 6.22. The number of non-ortho nitro benzene ring substituents is 1. The average molecular weight is 346 g/mol. The van der Waals surface area contributed by atoms with Gasteiger partial charge in [-0.2, -0.15) is 0 Å². The Balaban J connectivity index is 1.59. The fourth-order valence-corrected chi connectivity index (χ4v) is 3.33. The number of hydrogen-bond acceptors (Lipinski definition) is 4. The van der Waals surface area contributed by atoms with Crippen LogP contribution in [0.4, 0.5) is 5.69 Å². The molecule has 3 rings (SSSR count). The molecule has 1 aromatic rings. The summed E-state index contributed by atoms with van der Waals surface area (Å²) in [5, 5.41) is 17.6.